The van der Waals surface area contributed by atoms with Gasteiger partial charge in [-0.1, -0.05) is 43.3 Å². The molecule has 136 valence electrons. The molecule has 25 heavy (non-hydrogen) atoms. The average Bonchev–Trinajstić information content (AvgIpc) is 2.98. The molecule has 0 spiro atoms. The van der Waals surface area contributed by atoms with Gasteiger partial charge in [-0.15, -0.1) is 0 Å². The summed E-state index contributed by atoms with van der Waals surface area (Å²) in [7, 11) is 0. The summed E-state index contributed by atoms with van der Waals surface area (Å²) in [6.07, 6.45) is -5.64. The SMILES string of the molecule is CCN(Cc1ccc(-c2noc(CC(F)(F)F)n2)cc1)C(=O)C(C)C. The van der Waals surface area contributed by atoms with Crippen LogP contribution in [0.25, 0.3) is 11.4 Å². The summed E-state index contributed by atoms with van der Waals surface area (Å²) in [5.74, 6) is -0.366. The third-order valence-corrected chi connectivity index (χ3v) is 3.59. The van der Waals surface area contributed by atoms with Gasteiger partial charge in [-0.25, -0.2) is 0 Å². The smallest absolute Gasteiger partial charge is 0.339 e. The summed E-state index contributed by atoms with van der Waals surface area (Å²) in [6, 6.07) is 6.99. The predicted molar refractivity (Wildman–Crippen MR) is 85.4 cm³/mol. The fourth-order valence-corrected chi connectivity index (χ4v) is 2.31. The lowest BCUT2D eigenvalue weighted by Gasteiger charge is -2.23. The van der Waals surface area contributed by atoms with Crippen molar-refractivity contribution in [2.24, 2.45) is 5.92 Å². The Labute approximate surface area is 143 Å². The molecule has 0 aliphatic carbocycles. The van der Waals surface area contributed by atoms with E-state index in [1.807, 2.05) is 20.8 Å². The predicted octanol–water partition coefficient (Wildman–Crippen LogP) is 3.85. The van der Waals surface area contributed by atoms with Crippen LogP contribution in [0.15, 0.2) is 28.8 Å². The molecule has 0 unspecified atom stereocenters. The summed E-state index contributed by atoms with van der Waals surface area (Å²) >= 11 is 0. The van der Waals surface area contributed by atoms with Gasteiger partial charge in [0.05, 0.1) is 0 Å². The van der Waals surface area contributed by atoms with Crippen LogP contribution in [0.4, 0.5) is 13.2 Å². The third-order valence-electron chi connectivity index (χ3n) is 3.59. The number of hydrogen-bond donors (Lipinski definition) is 0. The van der Waals surface area contributed by atoms with Crippen molar-refractivity contribution >= 4 is 5.91 Å². The molecule has 0 radical (unpaired) electrons. The third kappa shape index (κ3) is 5.30. The maximum Gasteiger partial charge on any atom is 0.397 e. The zero-order valence-electron chi connectivity index (χ0n) is 14.3. The molecule has 0 N–H and O–H groups in total. The van der Waals surface area contributed by atoms with Gasteiger partial charge in [-0.05, 0) is 12.5 Å². The molecule has 0 bridgehead atoms. The Hall–Kier alpha value is -2.38. The Balaban J connectivity index is 2.08. The molecule has 1 heterocycles. The van der Waals surface area contributed by atoms with Gasteiger partial charge in [0.15, 0.2) is 0 Å². The molecule has 0 saturated heterocycles. The monoisotopic (exact) mass is 355 g/mol. The van der Waals surface area contributed by atoms with E-state index in [0.29, 0.717) is 18.7 Å². The minimum atomic E-state index is -4.39. The van der Waals surface area contributed by atoms with Crippen LogP contribution in [0.3, 0.4) is 0 Å². The molecule has 1 aromatic heterocycles. The first-order valence-electron chi connectivity index (χ1n) is 7.97. The van der Waals surface area contributed by atoms with Crippen LogP contribution in [0.1, 0.15) is 32.2 Å². The number of rotatable bonds is 6. The minimum absolute atomic E-state index is 0.0709. The van der Waals surface area contributed by atoms with E-state index in [1.54, 1.807) is 29.2 Å². The maximum atomic E-state index is 12.3. The number of halogens is 3. The number of hydrogen-bond acceptors (Lipinski definition) is 4. The van der Waals surface area contributed by atoms with E-state index in [4.69, 9.17) is 0 Å². The van der Waals surface area contributed by atoms with Crippen molar-refractivity contribution in [1.82, 2.24) is 15.0 Å². The van der Waals surface area contributed by atoms with Crippen LogP contribution in [0.5, 0.6) is 0 Å². The highest BCUT2D eigenvalue weighted by Crippen LogP contribution is 2.23. The lowest BCUT2D eigenvalue weighted by atomic mass is 10.1. The van der Waals surface area contributed by atoms with E-state index in [2.05, 4.69) is 14.7 Å². The molecule has 0 saturated carbocycles. The van der Waals surface area contributed by atoms with Gasteiger partial charge in [0.2, 0.25) is 17.6 Å². The van der Waals surface area contributed by atoms with E-state index in [9.17, 15) is 18.0 Å². The molecule has 8 heteroatoms. The second kappa shape index (κ2) is 7.67. The van der Waals surface area contributed by atoms with Crippen molar-refractivity contribution < 1.29 is 22.5 Å². The number of amides is 1. The normalized spacial score (nSPS) is 11.8. The van der Waals surface area contributed by atoms with Crippen LogP contribution in [-0.4, -0.2) is 33.7 Å². The molecule has 1 aromatic carbocycles. The number of benzene rings is 1. The van der Waals surface area contributed by atoms with Crippen molar-refractivity contribution in [3.8, 4) is 11.4 Å². The number of nitrogens with zero attached hydrogens (tertiary/aromatic N) is 3. The Morgan fingerprint density at radius 1 is 1.24 bits per heavy atom. The van der Waals surface area contributed by atoms with Crippen LogP contribution < -0.4 is 0 Å². The first kappa shape index (κ1) is 19.0. The summed E-state index contributed by atoms with van der Waals surface area (Å²) in [4.78, 5) is 17.6. The highest BCUT2D eigenvalue weighted by molar-refractivity contribution is 5.78. The van der Waals surface area contributed by atoms with Gasteiger partial charge >= 0.3 is 6.18 Å². The largest absolute Gasteiger partial charge is 0.397 e. The van der Waals surface area contributed by atoms with Gasteiger partial charge in [0, 0.05) is 24.6 Å². The minimum Gasteiger partial charge on any atom is -0.339 e. The molecule has 0 aliphatic rings. The molecule has 0 aliphatic heterocycles. The Morgan fingerprint density at radius 2 is 1.88 bits per heavy atom. The summed E-state index contributed by atoms with van der Waals surface area (Å²) in [6.45, 7) is 6.69. The fourth-order valence-electron chi connectivity index (χ4n) is 2.31. The van der Waals surface area contributed by atoms with Crippen molar-refractivity contribution in [1.29, 1.82) is 0 Å². The fraction of sp³-hybridized carbons (Fsp3) is 0.471. The average molecular weight is 355 g/mol. The van der Waals surface area contributed by atoms with Crippen LogP contribution in [-0.2, 0) is 17.8 Å². The van der Waals surface area contributed by atoms with Gasteiger partial charge < -0.3 is 9.42 Å². The van der Waals surface area contributed by atoms with E-state index in [1.165, 1.54) is 0 Å². The number of carbonyl (C=O) groups is 1. The van der Waals surface area contributed by atoms with Gasteiger partial charge in [-0.2, -0.15) is 18.2 Å². The molecular weight excluding hydrogens is 335 g/mol. The molecule has 1 amide bonds. The zero-order valence-corrected chi connectivity index (χ0v) is 14.3. The molecular formula is C17H20F3N3O2. The van der Waals surface area contributed by atoms with Crippen molar-refractivity contribution in [2.75, 3.05) is 6.54 Å². The van der Waals surface area contributed by atoms with Gasteiger partial charge in [0.1, 0.15) is 6.42 Å². The molecule has 0 atom stereocenters. The summed E-state index contributed by atoms with van der Waals surface area (Å²) < 4.78 is 41.6. The first-order valence-corrected chi connectivity index (χ1v) is 7.97. The maximum absolute atomic E-state index is 12.3. The highest BCUT2D eigenvalue weighted by atomic mass is 19.4. The Bertz CT molecular complexity index is 709. The zero-order chi connectivity index (χ0) is 18.6. The number of carbonyl (C=O) groups excluding carboxylic acids is 1. The lowest BCUT2D eigenvalue weighted by molar-refractivity contribution is -0.135. The second-order valence-electron chi connectivity index (χ2n) is 6.01. The van der Waals surface area contributed by atoms with Gasteiger partial charge in [0.25, 0.3) is 0 Å². The van der Waals surface area contributed by atoms with Crippen molar-refractivity contribution in [3.05, 3.63) is 35.7 Å². The van der Waals surface area contributed by atoms with Gasteiger partial charge in [-0.3, -0.25) is 4.79 Å². The first-order chi connectivity index (χ1) is 11.7. The van der Waals surface area contributed by atoms with E-state index in [0.717, 1.165) is 5.56 Å². The van der Waals surface area contributed by atoms with Crippen molar-refractivity contribution in [3.63, 3.8) is 0 Å². The topological polar surface area (TPSA) is 59.2 Å². The highest BCUT2D eigenvalue weighted by Gasteiger charge is 2.31. The van der Waals surface area contributed by atoms with Crippen LogP contribution in [0, 0.1) is 5.92 Å². The summed E-state index contributed by atoms with van der Waals surface area (Å²) in [5.41, 5.74) is 1.47. The number of aromatic nitrogens is 2. The van der Waals surface area contributed by atoms with Crippen molar-refractivity contribution in [2.45, 2.75) is 39.9 Å². The quantitative estimate of drug-likeness (QED) is 0.790. The Morgan fingerprint density at radius 3 is 2.40 bits per heavy atom. The van der Waals surface area contributed by atoms with Crippen LogP contribution in [0.2, 0.25) is 0 Å². The molecule has 2 rings (SSSR count). The molecule has 0 fully saturated rings. The standard InChI is InChI=1S/C17H20F3N3O2/c1-4-23(16(24)11(2)3)10-12-5-7-13(8-6-12)15-21-14(25-22-15)9-17(18,19)20/h5-8,11H,4,9-10H2,1-3H3. The molecule has 2 aromatic rings. The van der Waals surface area contributed by atoms with E-state index in [-0.39, 0.29) is 17.6 Å². The molecule has 5 nitrogen and oxygen atoms in total. The Kier molecular flexibility index (Phi) is 5.81. The van der Waals surface area contributed by atoms with E-state index < -0.39 is 18.5 Å². The van der Waals surface area contributed by atoms with Crippen LogP contribution >= 0.6 is 0 Å². The lowest BCUT2D eigenvalue weighted by Crippen LogP contribution is -2.33. The van der Waals surface area contributed by atoms with E-state index >= 15 is 0 Å². The second-order valence-corrected chi connectivity index (χ2v) is 6.01. The number of alkyl halides is 3. The summed E-state index contributed by atoms with van der Waals surface area (Å²) in [5, 5.41) is 3.58.